The zero-order valence-corrected chi connectivity index (χ0v) is 12.2. The standard InChI is InChI=1S/C14H19BrFNO/c1-18-14-5-4-11(7-13(14)16)9-17-6-2-3-12(8-15)10-17/h4-5,7,12H,2-3,6,8-10H2,1H3. The van der Waals surface area contributed by atoms with Crippen LogP contribution in [-0.2, 0) is 6.54 Å². The molecule has 0 amide bonds. The molecule has 1 aliphatic heterocycles. The van der Waals surface area contributed by atoms with Gasteiger partial charge in [-0.1, -0.05) is 22.0 Å². The van der Waals surface area contributed by atoms with E-state index in [1.54, 1.807) is 12.1 Å². The van der Waals surface area contributed by atoms with Gasteiger partial charge in [0, 0.05) is 18.4 Å². The number of halogens is 2. The zero-order chi connectivity index (χ0) is 13.0. The number of nitrogens with zero attached hydrogens (tertiary/aromatic N) is 1. The van der Waals surface area contributed by atoms with E-state index < -0.39 is 0 Å². The number of hydrogen-bond acceptors (Lipinski definition) is 2. The lowest BCUT2D eigenvalue weighted by Gasteiger charge is -2.31. The van der Waals surface area contributed by atoms with Crippen LogP contribution in [0.4, 0.5) is 4.39 Å². The maximum atomic E-state index is 13.6. The fraction of sp³-hybridized carbons (Fsp3) is 0.571. The zero-order valence-electron chi connectivity index (χ0n) is 10.7. The third kappa shape index (κ3) is 3.45. The van der Waals surface area contributed by atoms with Gasteiger partial charge in [0.15, 0.2) is 11.6 Å². The van der Waals surface area contributed by atoms with Gasteiger partial charge in [-0.05, 0) is 43.0 Å². The van der Waals surface area contributed by atoms with Gasteiger partial charge in [-0.25, -0.2) is 4.39 Å². The Morgan fingerprint density at radius 2 is 2.33 bits per heavy atom. The molecule has 1 saturated heterocycles. The van der Waals surface area contributed by atoms with Gasteiger partial charge in [-0.3, -0.25) is 4.90 Å². The van der Waals surface area contributed by atoms with Crippen molar-refractivity contribution in [3.05, 3.63) is 29.6 Å². The Bertz CT molecular complexity index is 399. The van der Waals surface area contributed by atoms with E-state index >= 15 is 0 Å². The van der Waals surface area contributed by atoms with E-state index in [0.29, 0.717) is 5.75 Å². The first-order valence-electron chi connectivity index (χ1n) is 6.33. The van der Waals surface area contributed by atoms with Crippen LogP contribution >= 0.6 is 15.9 Å². The molecule has 0 saturated carbocycles. The number of hydrogen-bond donors (Lipinski definition) is 0. The summed E-state index contributed by atoms with van der Waals surface area (Å²) in [5, 5.41) is 1.06. The smallest absolute Gasteiger partial charge is 0.165 e. The monoisotopic (exact) mass is 315 g/mol. The summed E-state index contributed by atoms with van der Waals surface area (Å²) in [7, 11) is 1.49. The Morgan fingerprint density at radius 3 is 3.00 bits per heavy atom. The molecular formula is C14H19BrFNO. The Hall–Kier alpha value is -0.610. The Kier molecular flexibility index (Phi) is 5.01. The van der Waals surface area contributed by atoms with E-state index in [1.165, 1.54) is 20.0 Å². The summed E-state index contributed by atoms with van der Waals surface area (Å²) < 4.78 is 18.5. The summed E-state index contributed by atoms with van der Waals surface area (Å²) in [6, 6.07) is 5.23. The molecule has 18 heavy (non-hydrogen) atoms. The number of piperidine rings is 1. The molecule has 0 aromatic heterocycles. The predicted octanol–water partition coefficient (Wildman–Crippen LogP) is 3.44. The molecule has 0 bridgehead atoms. The molecule has 1 atom stereocenters. The van der Waals surface area contributed by atoms with Crippen LogP contribution in [0.2, 0.25) is 0 Å². The third-order valence-electron chi connectivity index (χ3n) is 3.44. The predicted molar refractivity (Wildman–Crippen MR) is 74.7 cm³/mol. The van der Waals surface area contributed by atoms with Crippen molar-refractivity contribution in [2.24, 2.45) is 5.92 Å². The molecule has 0 spiro atoms. The molecule has 1 fully saturated rings. The van der Waals surface area contributed by atoms with E-state index in [9.17, 15) is 4.39 Å². The number of benzene rings is 1. The average Bonchev–Trinajstić information content (AvgIpc) is 2.39. The largest absolute Gasteiger partial charge is 0.494 e. The number of likely N-dealkylation sites (tertiary alicyclic amines) is 1. The highest BCUT2D eigenvalue weighted by molar-refractivity contribution is 9.09. The van der Waals surface area contributed by atoms with Crippen LogP contribution in [0.3, 0.4) is 0 Å². The highest BCUT2D eigenvalue weighted by Crippen LogP contribution is 2.22. The van der Waals surface area contributed by atoms with Gasteiger partial charge in [0.25, 0.3) is 0 Å². The van der Waals surface area contributed by atoms with Gasteiger partial charge in [-0.15, -0.1) is 0 Å². The highest BCUT2D eigenvalue weighted by atomic mass is 79.9. The third-order valence-corrected chi connectivity index (χ3v) is 4.36. The summed E-state index contributed by atoms with van der Waals surface area (Å²) >= 11 is 3.55. The van der Waals surface area contributed by atoms with E-state index in [1.807, 2.05) is 6.07 Å². The summed E-state index contributed by atoms with van der Waals surface area (Å²) in [6.07, 6.45) is 2.52. The van der Waals surface area contributed by atoms with Crippen molar-refractivity contribution in [1.82, 2.24) is 4.90 Å². The first-order chi connectivity index (χ1) is 8.72. The molecular weight excluding hydrogens is 297 g/mol. The average molecular weight is 316 g/mol. The fourth-order valence-corrected chi connectivity index (χ4v) is 3.02. The molecule has 2 rings (SSSR count). The van der Waals surface area contributed by atoms with Gasteiger partial charge in [-0.2, -0.15) is 0 Å². The SMILES string of the molecule is COc1ccc(CN2CCCC(CBr)C2)cc1F. The number of rotatable bonds is 4. The lowest BCUT2D eigenvalue weighted by Crippen LogP contribution is -2.35. The molecule has 0 N–H and O–H groups in total. The first kappa shape index (κ1) is 13.8. The van der Waals surface area contributed by atoms with Crippen LogP contribution in [-0.4, -0.2) is 30.4 Å². The van der Waals surface area contributed by atoms with Gasteiger partial charge < -0.3 is 4.74 Å². The van der Waals surface area contributed by atoms with Crippen molar-refractivity contribution >= 4 is 15.9 Å². The molecule has 1 unspecified atom stereocenters. The summed E-state index contributed by atoms with van der Waals surface area (Å²) in [5.41, 5.74) is 1.02. The maximum absolute atomic E-state index is 13.6. The Labute approximate surface area is 116 Å². The van der Waals surface area contributed by atoms with Crippen LogP contribution in [0.25, 0.3) is 0 Å². The lowest BCUT2D eigenvalue weighted by molar-refractivity contribution is 0.179. The van der Waals surface area contributed by atoms with Gasteiger partial charge in [0.05, 0.1) is 7.11 Å². The number of ether oxygens (including phenoxy) is 1. The highest BCUT2D eigenvalue weighted by Gasteiger charge is 2.19. The van der Waals surface area contributed by atoms with E-state index in [0.717, 1.165) is 36.4 Å². The van der Waals surface area contributed by atoms with E-state index in [2.05, 4.69) is 20.8 Å². The minimum absolute atomic E-state index is 0.274. The topological polar surface area (TPSA) is 12.5 Å². The molecule has 1 aliphatic rings. The minimum Gasteiger partial charge on any atom is -0.494 e. The normalized spacial score (nSPS) is 20.9. The fourth-order valence-electron chi connectivity index (χ4n) is 2.49. The van der Waals surface area contributed by atoms with E-state index in [-0.39, 0.29) is 5.82 Å². The second-order valence-corrected chi connectivity index (χ2v) is 5.51. The molecule has 1 heterocycles. The lowest BCUT2D eigenvalue weighted by atomic mass is 10.00. The van der Waals surface area contributed by atoms with Crippen molar-refractivity contribution < 1.29 is 9.13 Å². The first-order valence-corrected chi connectivity index (χ1v) is 7.46. The molecule has 4 heteroatoms. The van der Waals surface area contributed by atoms with Gasteiger partial charge in [0.1, 0.15) is 0 Å². The second kappa shape index (κ2) is 6.53. The van der Waals surface area contributed by atoms with Crippen molar-refractivity contribution in [2.45, 2.75) is 19.4 Å². The minimum atomic E-state index is -0.274. The number of alkyl halides is 1. The van der Waals surface area contributed by atoms with Crippen LogP contribution in [0.1, 0.15) is 18.4 Å². The van der Waals surface area contributed by atoms with Crippen molar-refractivity contribution in [1.29, 1.82) is 0 Å². The molecule has 0 radical (unpaired) electrons. The molecule has 100 valence electrons. The Balaban J connectivity index is 1.98. The quantitative estimate of drug-likeness (QED) is 0.789. The van der Waals surface area contributed by atoms with Crippen molar-refractivity contribution in [3.63, 3.8) is 0 Å². The Morgan fingerprint density at radius 1 is 1.50 bits per heavy atom. The summed E-state index contributed by atoms with van der Waals surface area (Å²) in [4.78, 5) is 2.40. The van der Waals surface area contributed by atoms with Crippen LogP contribution in [0, 0.1) is 11.7 Å². The molecule has 1 aromatic carbocycles. The van der Waals surface area contributed by atoms with Crippen molar-refractivity contribution in [3.8, 4) is 5.75 Å². The molecule has 0 aliphatic carbocycles. The van der Waals surface area contributed by atoms with Crippen LogP contribution < -0.4 is 4.74 Å². The number of methoxy groups -OCH3 is 1. The summed E-state index contributed by atoms with van der Waals surface area (Å²) in [5.74, 6) is 0.765. The molecule has 1 aromatic rings. The van der Waals surface area contributed by atoms with E-state index in [4.69, 9.17) is 4.74 Å². The second-order valence-electron chi connectivity index (χ2n) is 4.87. The summed E-state index contributed by atoms with van der Waals surface area (Å²) in [6.45, 7) is 3.03. The van der Waals surface area contributed by atoms with Crippen LogP contribution in [0.5, 0.6) is 5.75 Å². The van der Waals surface area contributed by atoms with Gasteiger partial charge >= 0.3 is 0 Å². The van der Waals surface area contributed by atoms with Gasteiger partial charge in [0.2, 0.25) is 0 Å². The maximum Gasteiger partial charge on any atom is 0.165 e. The molecule has 2 nitrogen and oxygen atoms in total. The van der Waals surface area contributed by atoms with Crippen molar-refractivity contribution in [2.75, 3.05) is 25.5 Å². The van der Waals surface area contributed by atoms with Crippen LogP contribution in [0.15, 0.2) is 18.2 Å².